The predicted octanol–water partition coefficient (Wildman–Crippen LogP) is -0.569. The van der Waals surface area contributed by atoms with E-state index in [1.807, 2.05) is 18.0 Å². The quantitative estimate of drug-likeness (QED) is 0.781. The Labute approximate surface area is 124 Å². The number of ether oxygens (including phenoxy) is 1. The van der Waals surface area contributed by atoms with E-state index in [1.54, 1.807) is 6.20 Å². The minimum atomic E-state index is -0.199. The van der Waals surface area contributed by atoms with Gasteiger partial charge in [0.05, 0.1) is 19.3 Å². The smallest absolute Gasteiger partial charge is 0.242 e. The zero-order valence-corrected chi connectivity index (χ0v) is 12.4. The molecule has 1 amide bonds. The molecule has 2 atom stereocenters. The molecule has 116 valence electrons. The normalized spacial score (nSPS) is 27.8. The first kappa shape index (κ1) is 14.5. The summed E-state index contributed by atoms with van der Waals surface area (Å²) in [5, 5.41) is 3.27. The van der Waals surface area contributed by atoms with Gasteiger partial charge in [0.1, 0.15) is 11.9 Å². The lowest BCUT2D eigenvalue weighted by Crippen LogP contribution is -2.59. The summed E-state index contributed by atoms with van der Waals surface area (Å²) in [6.45, 7) is 7.51. The first-order valence-corrected chi connectivity index (χ1v) is 7.58. The van der Waals surface area contributed by atoms with Crippen LogP contribution in [-0.4, -0.2) is 77.2 Å². The van der Waals surface area contributed by atoms with Crippen molar-refractivity contribution in [3.63, 3.8) is 0 Å². The number of piperazine rings is 1. The molecule has 7 nitrogen and oxygen atoms in total. The lowest BCUT2D eigenvalue weighted by atomic mass is 10.1. The highest BCUT2D eigenvalue weighted by Crippen LogP contribution is 2.11. The van der Waals surface area contributed by atoms with Gasteiger partial charge in [0, 0.05) is 45.1 Å². The van der Waals surface area contributed by atoms with Crippen LogP contribution < -0.4 is 5.32 Å². The molecule has 0 spiro atoms. The second kappa shape index (κ2) is 6.55. The largest absolute Gasteiger partial charge is 0.375 e. The van der Waals surface area contributed by atoms with Crippen molar-refractivity contribution in [1.82, 2.24) is 25.1 Å². The third-order valence-electron chi connectivity index (χ3n) is 4.19. The Morgan fingerprint density at radius 3 is 2.90 bits per heavy atom. The summed E-state index contributed by atoms with van der Waals surface area (Å²) >= 11 is 0. The first-order chi connectivity index (χ1) is 10.2. The van der Waals surface area contributed by atoms with Crippen molar-refractivity contribution in [3.05, 3.63) is 18.2 Å². The number of nitrogens with zero attached hydrogens (tertiary/aromatic N) is 3. The molecule has 0 radical (unpaired) electrons. The molecule has 1 aromatic heterocycles. The fourth-order valence-corrected chi connectivity index (χ4v) is 2.93. The summed E-state index contributed by atoms with van der Waals surface area (Å²) in [4.78, 5) is 24.2. The maximum absolute atomic E-state index is 12.5. The number of aromatic amines is 1. The van der Waals surface area contributed by atoms with E-state index in [2.05, 4.69) is 20.2 Å². The number of nitrogens with one attached hydrogen (secondary N) is 2. The van der Waals surface area contributed by atoms with Crippen LogP contribution in [0.15, 0.2) is 12.4 Å². The van der Waals surface area contributed by atoms with Crippen LogP contribution >= 0.6 is 0 Å². The Balaban J connectivity index is 1.49. The van der Waals surface area contributed by atoms with Gasteiger partial charge >= 0.3 is 0 Å². The molecule has 0 unspecified atom stereocenters. The van der Waals surface area contributed by atoms with E-state index in [-0.39, 0.29) is 18.1 Å². The number of imidazole rings is 1. The van der Waals surface area contributed by atoms with Crippen molar-refractivity contribution in [3.8, 4) is 0 Å². The van der Waals surface area contributed by atoms with Crippen LogP contribution in [0.2, 0.25) is 0 Å². The van der Waals surface area contributed by atoms with E-state index < -0.39 is 0 Å². The van der Waals surface area contributed by atoms with Gasteiger partial charge in [0.25, 0.3) is 0 Å². The number of carbonyl (C=O) groups is 1. The lowest BCUT2D eigenvalue weighted by Gasteiger charge is -2.38. The number of hydrogen-bond acceptors (Lipinski definition) is 5. The molecule has 7 heteroatoms. The van der Waals surface area contributed by atoms with Crippen LogP contribution in [-0.2, 0) is 16.1 Å². The monoisotopic (exact) mass is 293 g/mol. The Bertz CT molecular complexity index is 456. The van der Waals surface area contributed by atoms with Gasteiger partial charge in [-0.05, 0) is 6.92 Å². The van der Waals surface area contributed by atoms with Crippen molar-refractivity contribution in [2.24, 2.45) is 0 Å². The summed E-state index contributed by atoms with van der Waals surface area (Å²) in [7, 11) is 0. The van der Waals surface area contributed by atoms with Gasteiger partial charge < -0.3 is 19.9 Å². The van der Waals surface area contributed by atoms with Crippen molar-refractivity contribution in [2.75, 3.05) is 39.3 Å². The van der Waals surface area contributed by atoms with Crippen LogP contribution in [0.25, 0.3) is 0 Å². The Morgan fingerprint density at radius 1 is 1.43 bits per heavy atom. The molecule has 2 aliphatic heterocycles. The lowest BCUT2D eigenvalue weighted by molar-refractivity contribution is -0.141. The maximum Gasteiger partial charge on any atom is 0.242 e. The molecule has 21 heavy (non-hydrogen) atoms. The van der Waals surface area contributed by atoms with E-state index in [0.717, 1.165) is 45.1 Å². The van der Waals surface area contributed by atoms with E-state index in [0.29, 0.717) is 6.61 Å². The van der Waals surface area contributed by atoms with Crippen LogP contribution in [0, 0.1) is 0 Å². The number of rotatable bonds is 3. The van der Waals surface area contributed by atoms with Crippen LogP contribution in [0.4, 0.5) is 0 Å². The van der Waals surface area contributed by atoms with Crippen LogP contribution in [0.3, 0.4) is 0 Å². The van der Waals surface area contributed by atoms with Gasteiger partial charge in [-0.1, -0.05) is 0 Å². The van der Waals surface area contributed by atoms with E-state index in [1.165, 1.54) is 0 Å². The Hall–Kier alpha value is -1.44. The number of aromatic nitrogens is 2. The summed E-state index contributed by atoms with van der Waals surface area (Å²) in [5.74, 6) is 1.14. The third kappa shape index (κ3) is 3.42. The molecule has 0 bridgehead atoms. The van der Waals surface area contributed by atoms with Crippen LogP contribution in [0.1, 0.15) is 12.7 Å². The van der Waals surface area contributed by atoms with Gasteiger partial charge in [0.15, 0.2) is 0 Å². The minimum Gasteiger partial charge on any atom is -0.375 e. The molecule has 0 aromatic carbocycles. The standard InChI is InChI=1S/C14H23N5O2/c1-11-13(17-4-9-21-11)14(20)19-7-5-18(6-8-19)10-12-15-2-3-16-12/h2-3,11,13,17H,4-10H2,1H3,(H,15,16)/t11-,13+/m1/s1. The Kier molecular flexibility index (Phi) is 4.52. The maximum atomic E-state index is 12.5. The highest BCUT2D eigenvalue weighted by molar-refractivity contribution is 5.82. The first-order valence-electron chi connectivity index (χ1n) is 7.58. The van der Waals surface area contributed by atoms with Gasteiger partial charge in [-0.3, -0.25) is 9.69 Å². The fraction of sp³-hybridized carbons (Fsp3) is 0.714. The molecule has 0 aliphatic carbocycles. The Morgan fingerprint density at radius 2 is 2.24 bits per heavy atom. The number of carbonyl (C=O) groups excluding carboxylic acids is 1. The average Bonchev–Trinajstić information content (AvgIpc) is 3.01. The van der Waals surface area contributed by atoms with Crippen LogP contribution in [0.5, 0.6) is 0 Å². The molecular formula is C14H23N5O2. The number of hydrogen-bond donors (Lipinski definition) is 2. The minimum absolute atomic E-state index is 0.0487. The molecule has 2 saturated heterocycles. The summed E-state index contributed by atoms with van der Waals surface area (Å²) in [6, 6.07) is -0.199. The zero-order chi connectivity index (χ0) is 14.7. The van der Waals surface area contributed by atoms with Crippen molar-refractivity contribution >= 4 is 5.91 Å². The molecule has 3 rings (SSSR count). The molecule has 3 heterocycles. The van der Waals surface area contributed by atoms with Gasteiger partial charge in [-0.2, -0.15) is 0 Å². The second-order valence-corrected chi connectivity index (χ2v) is 5.65. The van der Waals surface area contributed by atoms with Gasteiger partial charge in [-0.25, -0.2) is 4.98 Å². The van der Waals surface area contributed by atoms with Crippen molar-refractivity contribution < 1.29 is 9.53 Å². The highest BCUT2D eigenvalue weighted by Gasteiger charge is 2.33. The van der Waals surface area contributed by atoms with Gasteiger partial charge in [-0.15, -0.1) is 0 Å². The third-order valence-corrected chi connectivity index (χ3v) is 4.19. The van der Waals surface area contributed by atoms with Gasteiger partial charge in [0.2, 0.25) is 5.91 Å². The summed E-state index contributed by atoms with van der Waals surface area (Å²) in [6.07, 6.45) is 3.56. The number of amides is 1. The fourth-order valence-electron chi connectivity index (χ4n) is 2.93. The highest BCUT2D eigenvalue weighted by atomic mass is 16.5. The second-order valence-electron chi connectivity index (χ2n) is 5.65. The molecule has 1 aromatic rings. The number of morpholine rings is 1. The molecule has 0 saturated carbocycles. The molecule has 2 N–H and O–H groups in total. The molecular weight excluding hydrogens is 270 g/mol. The van der Waals surface area contributed by atoms with Crippen molar-refractivity contribution in [2.45, 2.75) is 25.6 Å². The average molecular weight is 293 g/mol. The zero-order valence-electron chi connectivity index (χ0n) is 12.4. The van der Waals surface area contributed by atoms with E-state index in [4.69, 9.17) is 4.74 Å². The SMILES string of the molecule is C[C@H]1OCCN[C@@H]1C(=O)N1CCN(Cc2ncc[nH]2)CC1. The number of H-pyrrole nitrogens is 1. The predicted molar refractivity (Wildman–Crippen MR) is 77.6 cm³/mol. The van der Waals surface area contributed by atoms with E-state index in [9.17, 15) is 4.79 Å². The topological polar surface area (TPSA) is 73.5 Å². The van der Waals surface area contributed by atoms with E-state index >= 15 is 0 Å². The summed E-state index contributed by atoms with van der Waals surface area (Å²) in [5.41, 5.74) is 0. The molecule has 2 fully saturated rings. The molecule has 2 aliphatic rings. The summed E-state index contributed by atoms with van der Waals surface area (Å²) < 4.78 is 5.56. The van der Waals surface area contributed by atoms with Crippen molar-refractivity contribution in [1.29, 1.82) is 0 Å².